The average molecular weight is 446 g/mol. The molecular weight excluding hydrogens is 429 g/mol. The molecule has 3 aromatic rings. The molecule has 166 valence electrons. The number of halogens is 3. The summed E-state index contributed by atoms with van der Waals surface area (Å²) in [6.45, 7) is -0.265. The summed E-state index contributed by atoms with van der Waals surface area (Å²) in [6, 6.07) is 5.27. The van der Waals surface area contributed by atoms with Crippen LogP contribution < -0.4 is 16.4 Å². The van der Waals surface area contributed by atoms with Crippen LogP contribution in [-0.2, 0) is 17.5 Å². The van der Waals surface area contributed by atoms with Crippen LogP contribution in [-0.4, -0.2) is 33.9 Å². The van der Waals surface area contributed by atoms with E-state index in [1.54, 1.807) is 0 Å². The highest BCUT2D eigenvalue weighted by Crippen LogP contribution is 2.32. The van der Waals surface area contributed by atoms with Gasteiger partial charge in [-0.2, -0.15) is 13.2 Å². The summed E-state index contributed by atoms with van der Waals surface area (Å²) in [4.78, 5) is 35.1. The number of primary amides is 1. The van der Waals surface area contributed by atoms with E-state index in [1.807, 2.05) is 0 Å². The molecule has 0 radical (unpaired) electrons. The minimum atomic E-state index is -4.56. The van der Waals surface area contributed by atoms with E-state index in [4.69, 9.17) is 5.73 Å². The topological polar surface area (TPSA) is 132 Å². The SMILES string of the molecule is COC(=O)c1ccc(Nc2cc(NCc3cnccc3C(F)(F)F)c(C(N)=O)cn2)nc1. The molecule has 0 unspecified atom stereocenters. The first-order valence-electron chi connectivity index (χ1n) is 9.04. The van der Waals surface area contributed by atoms with Gasteiger partial charge in [0.05, 0.1) is 29.5 Å². The van der Waals surface area contributed by atoms with Gasteiger partial charge in [-0.05, 0) is 18.2 Å². The third kappa shape index (κ3) is 5.28. The van der Waals surface area contributed by atoms with Crippen LogP contribution in [0.1, 0.15) is 31.8 Å². The van der Waals surface area contributed by atoms with Gasteiger partial charge in [-0.3, -0.25) is 9.78 Å². The Morgan fingerprint density at radius 2 is 1.84 bits per heavy atom. The van der Waals surface area contributed by atoms with E-state index in [9.17, 15) is 22.8 Å². The third-order valence-corrected chi connectivity index (χ3v) is 4.29. The number of hydrogen-bond acceptors (Lipinski definition) is 8. The molecule has 0 aliphatic carbocycles. The normalized spacial score (nSPS) is 11.0. The number of carbonyl (C=O) groups excluding carboxylic acids is 2. The Morgan fingerprint density at radius 3 is 2.47 bits per heavy atom. The first-order chi connectivity index (χ1) is 15.2. The molecule has 1 amide bonds. The number of pyridine rings is 3. The number of rotatable bonds is 7. The molecule has 0 bridgehead atoms. The van der Waals surface area contributed by atoms with E-state index in [1.165, 1.54) is 37.7 Å². The summed E-state index contributed by atoms with van der Waals surface area (Å²) in [5, 5.41) is 5.65. The maximum Gasteiger partial charge on any atom is 0.416 e. The van der Waals surface area contributed by atoms with Gasteiger partial charge < -0.3 is 21.1 Å². The summed E-state index contributed by atoms with van der Waals surface area (Å²) in [6.07, 6.45) is 0.0658. The van der Waals surface area contributed by atoms with E-state index >= 15 is 0 Å². The standard InChI is InChI=1S/C20H17F3N6O3/c1-32-19(31)11-2-3-16(27-8-11)29-17-6-15(13(10-28-17)18(24)30)26-9-12-7-25-5-4-14(12)20(21,22)23/h2-8,10H,9H2,1H3,(H2,24,30)(H2,26,27,28,29). The van der Waals surface area contributed by atoms with Gasteiger partial charge in [0, 0.05) is 43.0 Å². The highest BCUT2D eigenvalue weighted by atomic mass is 19.4. The lowest BCUT2D eigenvalue weighted by Crippen LogP contribution is -2.17. The smallest absolute Gasteiger partial charge is 0.416 e. The second-order valence-electron chi connectivity index (χ2n) is 6.41. The molecular formula is C20H17F3N6O3. The van der Waals surface area contributed by atoms with Crippen molar-refractivity contribution in [2.75, 3.05) is 17.7 Å². The number of amides is 1. The van der Waals surface area contributed by atoms with Crippen LogP contribution in [0.2, 0.25) is 0 Å². The number of hydrogen-bond donors (Lipinski definition) is 3. The zero-order valence-electron chi connectivity index (χ0n) is 16.6. The predicted octanol–water partition coefficient (Wildman–Crippen LogP) is 3.13. The molecule has 0 saturated heterocycles. The van der Waals surface area contributed by atoms with Gasteiger partial charge in [0.15, 0.2) is 0 Å². The van der Waals surface area contributed by atoms with Gasteiger partial charge >= 0.3 is 12.1 Å². The fraction of sp³-hybridized carbons (Fsp3) is 0.150. The van der Waals surface area contributed by atoms with Gasteiger partial charge in [-0.1, -0.05) is 0 Å². The molecule has 0 aliphatic heterocycles. The van der Waals surface area contributed by atoms with Crippen molar-refractivity contribution < 1.29 is 27.5 Å². The fourth-order valence-corrected chi connectivity index (χ4v) is 2.74. The zero-order chi connectivity index (χ0) is 23.3. The summed E-state index contributed by atoms with van der Waals surface area (Å²) in [7, 11) is 1.25. The van der Waals surface area contributed by atoms with Gasteiger partial charge in [-0.25, -0.2) is 14.8 Å². The number of carbonyl (C=O) groups is 2. The van der Waals surface area contributed by atoms with E-state index in [0.717, 1.165) is 18.5 Å². The Bertz CT molecular complexity index is 1140. The van der Waals surface area contributed by atoms with Gasteiger partial charge in [0.25, 0.3) is 5.91 Å². The predicted molar refractivity (Wildman–Crippen MR) is 108 cm³/mol. The number of alkyl halides is 3. The Hall–Kier alpha value is -4.22. The second-order valence-corrected chi connectivity index (χ2v) is 6.41. The Labute approximate surface area is 179 Å². The lowest BCUT2D eigenvalue weighted by atomic mass is 10.1. The molecule has 0 atom stereocenters. The fourth-order valence-electron chi connectivity index (χ4n) is 2.74. The molecule has 0 aliphatic rings. The molecule has 4 N–H and O–H groups in total. The number of esters is 1. The quantitative estimate of drug-likeness (QED) is 0.472. The number of ether oxygens (including phenoxy) is 1. The van der Waals surface area contributed by atoms with Crippen molar-refractivity contribution in [3.8, 4) is 0 Å². The van der Waals surface area contributed by atoms with Crippen LogP contribution >= 0.6 is 0 Å². The number of methoxy groups -OCH3 is 1. The number of nitrogens with zero attached hydrogens (tertiary/aromatic N) is 3. The average Bonchev–Trinajstić information content (AvgIpc) is 2.77. The number of anilines is 3. The summed E-state index contributed by atoms with van der Waals surface area (Å²) >= 11 is 0. The maximum atomic E-state index is 13.2. The van der Waals surface area contributed by atoms with Crippen LogP contribution in [0.4, 0.5) is 30.5 Å². The molecule has 3 rings (SSSR count). The lowest BCUT2D eigenvalue weighted by Gasteiger charge is -2.15. The monoisotopic (exact) mass is 446 g/mol. The molecule has 3 heterocycles. The second kappa shape index (κ2) is 9.29. The molecule has 0 aromatic carbocycles. The van der Waals surface area contributed by atoms with Crippen LogP contribution in [0.25, 0.3) is 0 Å². The van der Waals surface area contributed by atoms with Crippen LogP contribution in [0.15, 0.2) is 49.1 Å². The third-order valence-electron chi connectivity index (χ3n) is 4.29. The first kappa shape index (κ1) is 22.5. The summed E-state index contributed by atoms with van der Waals surface area (Å²) in [5.74, 6) is -0.796. The summed E-state index contributed by atoms with van der Waals surface area (Å²) in [5.41, 5.74) is 4.80. The number of aromatic nitrogens is 3. The van der Waals surface area contributed by atoms with E-state index < -0.39 is 23.6 Å². The van der Waals surface area contributed by atoms with Crippen molar-refractivity contribution in [3.63, 3.8) is 0 Å². The van der Waals surface area contributed by atoms with Crippen molar-refractivity contribution in [3.05, 3.63) is 71.3 Å². The number of nitrogens with two attached hydrogens (primary N) is 1. The molecule has 32 heavy (non-hydrogen) atoms. The maximum absolute atomic E-state index is 13.2. The largest absolute Gasteiger partial charge is 0.465 e. The van der Waals surface area contributed by atoms with Gasteiger partial charge in [0.1, 0.15) is 11.6 Å². The zero-order valence-corrected chi connectivity index (χ0v) is 16.6. The minimum Gasteiger partial charge on any atom is -0.465 e. The molecule has 0 saturated carbocycles. The van der Waals surface area contributed by atoms with Crippen LogP contribution in [0, 0.1) is 0 Å². The lowest BCUT2D eigenvalue weighted by molar-refractivity contribution is -0.138. The molecule has 0 fully saturated rings. The Morgan fingerprint density at radius 1 is 1.09 bits per heavy atom. The minimum absolute atomic E-state index is 0.0120. The molecule has 0 spiro atoms. The van der Waals surface area contributed by atoms with Crippen molar-refractivity contribution in [1.82, 2.24) is 15.0 Å². The molecule has 3 aromatic heterocycles. The van der Waals surface area contributed by atoms with E-state index in [-0.39, 0.29) is 34.7 Å². The van der Waals surface area contributed by atoms with Crippen molar-refractivity contribution >= 4 is 29.2 Å². The van der Waals surface area contributed by atoms with Crippen molar-refractivity contribution in [2.24, 2.45) is 5.73 Å². The first-order valence-corrected chi connectivity index (χ1v) is 9.04. The molecule has 9 nitrogen and oxygen atoms in total. The summed E-state index contributed by atoms with van der Waals surface area (Å²) < 4.78 is 44.2. The van der Waals surface area contributed by atoms with E-state index in [0.29, 0.717) is 5.82 Å². The van der Waals surface area contributed by atoms with Gasteiger partial charge in [-0.15, -0.1) is 0 Å². The highest BCUT2D eigenvalue weighted by Gasteiger charge is 2.33. The Balaban J connectivity index is 1.83. The van der Waals surface area contributed by atoms with Crippen LogP contribution in [0.5, 0.6) is 0 Å². The van der Waals surface area contributed by atoms with Gasteiger partial charge in [0.2, 0.25) is 0 Å². The van der Waals surface area contributed by atoms with Crippen LogP contribution in [0.3, 0.4) is 0 Å². The molecule has 12 heteroatoms. The Kier molecular flexibility index (Phi) is 6.52. The number of nitrogens with one attached hydrogen (secondary N) is 2. The van der Waals surface area contributed by atoms with Crippen molar-refractivity contribution in [1.29, 1.82) is 0 Å². The van der Waals surface area contributed by atoms with Crippen molar-refractivity contribution in [2.45, 2.75) is 12.7 Å². The highest BCUT2D eigenvalue weighted by molar-refractivity contribution is 5.98. The van der Waals surface area contributed by atoms with E-state index in [2.05, 4.69) is 30.3 Å².